The van der Waals surface area contributed by atoms with Crippen LogP contribution in [0.1, 0.15) is 36.5 Å². The van der Waals surface area contributed by atoms with Crippen LogP contribution in [0.25, 0.3) is 0 Å². The zero-order chi connectivity index (χ0) is 12.5. The van der Waals surface area contributed by atoms with Gasteiger partial charge in [-0.1, -0.05) is 0 Å². The largest absolute Gasteiger partial charge is 0.377 e. The van der Waals surface area contributed by atoms with Gasteiger partial charge in [-0.15, -0.1) is 0 Å². The van der Waals surface area contributed by atoms with Crippen LogP contribution in [-0.2, 0) is 11.3 Å². The fraction of sp³-hybridized carbons (Fsp3) is 0.692. The summed E-state index contributed by atoms with van der Waals surface area (Å²) >= 11 is 0. The summed E-state index contributed by atoms with van der Waals surface area (Å²) < 4.78 is 7.36. The quantitative estimate of drug-likeness (QED) is 0.793. The van der Waals surface area contributed by atoms with Gasteiger partial charge in [-0.2, -0.15) is 5.10 Å². The summed E-state index contributed by atoms with van der Waals surface area (Å²) in [5, 5.41) is 4.18. The maximum absolute atomic E-state index is 12.6. The summed E-state index contributed by atoms with van der Waals surface area (Å²) in [4.78, 5) is 14.6. The second kappa shape index (κ2) is 4.72. The van der Waals surface area contributed by atoms with Crippen molar-refractivity contribution >= 4 is 5.91 Å². The molecule has 3 heterocycles. The van der Waals surface area contributed by atoms with Crippen LogP contribution in [0.2, 0.25) is 0 Å². The van der Waals surface area contributed by atoms with Crippen molar-refractivity contribution in [2.45, 2.75) is 44.8 Å². The molecule has 5 heteroatoms. The van der Waals surface area contributed by atoms with E-state index in [1.807, 2.05) is 18.0 Å². The second-order valence-corrected chi connectivity index (χ2v) is 5.07. The predicted molar refractivity (Wildman–Crippen MR) is 66.3 cm³/mol. The molecule has 0 aliphatic carbocycles. The summed E-state index contributed by atoms with van der Waals surface area (Å²) in [6, 6.07) is 0.518. The third-order valence-corrected chi connectivity index (χ3v) is 3.92. The first-order valence-electron chi connectivity index (χ1n) is 6.72. The van der Waals surface area contributed by atoms with Gasteiger partial charge in [0.05, 0.1) is 37.1 Å². The van der Waals surface area contributed by atoms with Crippen LogP contribution in [0, 0.1) is 0 Å². The van der Waals surface area contributed by atoms with Gasteiger partial charge in [-0.3, -0.25) is 9.48 Å². The maximum Gasteiger partial charge on any atom is 0.257 e. The van der Waals surface area contributed by atoms with Gasteiger partial charge >= 0.3 is 0 Å². The molecule has 0 radical (unpaired) electrons. The normalized spacial score (nSPS) is 27.3. The first-order valence-corrected chi connectivity index (χ1v) is 6.72. The zero-order valence-corrected chi connectivity index (χ0v) is 10.7. The van der Waals surface area contributed by atoms with Gasteiger partial charge in [0, 0.05) is 12.7 Å². The zero-order valence-electron chi connectivity index (χ0n) is 10.7. The number of ether oxygens (including phenoxy) is 1. The molecule has 3 rings (SSSR count). The smallest absolute Gasteiger partial charge is 0.257 e. The average molecular weight is 249 g/mol. The molecule has 2 unspecified atom stereocenters. The molecule has 2 aliphatic heterocycles. The fourth-order valence-corrected chi connectivity index (χ4v) is 2.96. The summed E-state index contributed by atoms with van der Waals surface area (Å²) in [6.45, 7) is 4.18. The summed E-state index contributed by atoms with van der Waals surface area (Å²) in [5.74, 6) is 0.118. The molecule has 0 spiro atoms. The number of carbonyl (C=O) groups is 1. The maximum atomic E-state index is 12.6. The minimum atomic E-state index is 0.118. The van der Waals surface area contributed by atoms with E-state index in [1.165, 1.54) is 6.42 Å². The lowest BCUT2D eigenvalue weighted by molar-refractivity contribution is -0.0565. The minimum absolute atomic E-state index is 0.118. The molecule has 18 heavy (non-hydrogen) atoms. The van der Waals surface area contributed by atoms with Gasteiger partial charge in [0.25, 0.3) is 5.91 Å². The Morgan fingerprint density at radius 3 is 2.78 bits per heavy atom. The molecule has 2 aliphatic rings. The van der Waals surface area contributed by atoms with Crippen LogP contribution < -0.4 is 0 Å². The highest BCUT2D eigenvalue weighted by atomic mass is 16.5. The van der Waals surface area contributed by atoms with Crippen molar-refractivity contribution in [3.05, 3.63) is 18.0 Å². The Bertz CT molecular complexity index is 421. The van der Waals surface area contributed by atoms with Gasteiger partial charge in [0.2, 0.25) is 0 Å². The number of carbonyl (C=O) groups excluding carboxylic acids is 1. The highest BCUT2D eigenvalue weighted by Gasteiger charge is 2.38. The van der Waals surface area contributed by atoms with Crippen molar-refractivity contribution in [3.8, 4) is 0 Å². The Morgan fingerprint density at radius 1 is 1.44 bits per heavy atom. The van der Waals surface area contributed by atoms with Gasteiger partial charge in [0.15, 0.2) is 0 Å². The van der Waals surface area contributed by atoms with E-state index in [0.717, 1.165) is 19.4 Å². The number of hydrogen-bond acceptors (Lipinski definition) is 3. The SMILES string of the molecule is CCn1cc(C(=O)N2C3CCCC2COC3)cn1. The molecule has 2 fully saturated rings. The lowest BCUT2D eigenvalue weighted by Crippen LogP contribution is -2.57. The summed E-state index contributed by atoms with van der Waals surface area (Å²) in [5.41, 5.74) is 0.704. The molecular weight excluding hydrogens is 230 g/mol. The number of piperidine rings is 1. The number of aromatic nitrogens is 2. The molecule has 1 amide bonds. The van der Waals surface area contributed by atoms with Gasteiger partial charge in [-0.05, 0) is 26.2 Å². The first kappa shape index (κ1) is 11.7. The van der Waals surface area contributed by atoms with E-state index in [1.54, 1.807) is 10.9 Å². The Hall–Kier alpha value is -1.36. The molecule has 2 saturated heterocycles. The summed E-state index contributed by atoms with van der Waals surface area (Å²) in [6.07, 6.45) is 6.84. The van der Waals surface area contributed by atoms with Crippen molar-refractivity contribution in [3.63, 3.8) is 0 Å². The second-order valence-electron chi connectivity index (χ2n) is 5.07. The Kier molecular flexibility index (Phi) is 3.07. The molecule has 2 bridgehead atoms. The van der Waals surface area contributed by atoms with Gasteiger partial charge in [0.1, 0.15) is 0 Å². The molecule has 0 saturated carbocycles. The van der Waals surface area contributed by atoms with E-state index in [2.05, 4.69) is 5.10 Å². The number of morpholine rings is 1. The van der Waals surface area contributed by atoms with Crippen molar-refractivity contribution in [2.75, 3.05) is 13.2 Å². The number of amides is 1. The Balaban J connectivity index is 1.82. The van der Waals surface area contributed by atoms with Crippen molar-refractivity contribution in [2.24, 2.45) is 0 Å². The van der Waals surface area contributed by atoms with Crippen LogP contribution in [0.3, 0.4) is 0 Å². The molecule has 1 aromatic heterocycles. The van der Waals surface area contributed by atoms with E-state index in [0.29, 0.717) is 18.8 Å². The van der Waals surface area contributed by atoms with Crippen LogP contribution >= 0.6 is 0 Å². The fourth-order valence-electron chi connectivity index (χ4n) is 2.96. The lowest BCUT2D eigenvalue weighted by atomic mass is 9.93. The third-order valence-electron chi connectivity index (χ3n) is 3.92. The average Bonchev–Trinajstić information content (AvgIpc) is 2.85. The molecule has 0 N–H and O–H groups in total. The number of hydrogen-bond donors (Lipinski definition) is 0. The molecular formula is C13H19N3O2. The number of fused-ring (bicyclic) bond motifs is 2. The monoisotopic (exact) mass is 249 g/mol. The highest BCUT2D eigenvalue weighted by molar-refractivity contribution is 5.94. The van der Waals surface area contributed by atoms with Crippen LogP contribution in [0.5, 0.6) is 0 Å². The molecule has 2 atom stereocenters. The molecule has 98 valence electrons. The van der Waals surface area contributed by atoms with Crippen molar-refractivity contribution < 1.29 is 9.53 Å². The van der Waals surface area contributed by atoms with Crippen molar-refractivity contribution in [1.82, 2.24) is 14.7 Å². The molecule has 1 aromatic rings. The number of nitrogens with zero attached hydrogens (tertiary/aromatic N) is 3. The van der Waals surface area contributed by atoms with Crippen molar-refractivity contribution in [1.29, 1.82) is 0 Å². The van der Waals surface area contributed by atoms with Gasteiger partial charge < -0.3 is 9.64 Å². The molecule has 5 nitrogen and oxygen atoms in total. The Labute approximate surface area is 107 Å². The summed E-state index contributed by atoms with van der Waals surface area (Å²) in [7, 11) is 0. The van der Waals surface area contributed by atoms with Crippen LogP contribution in [0.4, 0.5) is 0 Å². The van der Waals surface area contributed by atoms with E-state index in [-0.39, 0.29) is 18.0 Å². The third kappa shape index (κ3) is 1.92. The topological polar surface area (TPSA) is 47.4 Å². The standard InChI is InChI=1S/C13H19N3O2/c1-2-15-7-10(6-14-15)13(17)16-11-4-3-5-12(16)9-18-8-11/h6-7,11-12H,2-5,8-9H2,1H3. The van der Waals surface area contributed by atoms with E-state index in [9.17, 15) is 4.79 Å². The van der Waals surface area contributed by atoms with E-state index < -0.39 is 0 Å². The Morgan fingerprint density at radius 2 is 2.17 bits per heavy atom. The first-order chi connectivity index (χ1) is 8.79. The van der Waals surface area contributed by atoms with Crippen LogP contribution in [-0.4, -0.2) is 45.9 Å². The number of rotatable bonds is 2. The lowest BCUT2D eigenvalue weighted by Gasteiger charge is -2.45. The van der Waals surface area contributed by atoms with E-state index in [4.69, 9.17) is 4.74 Å². The minimum Gasteiger partial charge on any atom is -0.377 e. The van der Waals surface area contributed by atoms with E-state index >= 15 is 0 Å². The number of aryl methyl sites for hydroxylation is 1. The van der Waals surface area contributed by atoms with Gasteiger partial charge in [-0.25, -0.2) is 0 Å². The molecule has 0 aromatic carbocycles. The predicted octanol–water partition coefficient (Wildman–Crippen LogP) is 1.30. The highest BCUT2D eigenvalue weighted by Crippen LogP contribution is 2.28. The van der Waals surface area contributed by atoms with Crippen LogP contribution in [0.15, 0.2) is 12.4 Å².